The SMILES string of the molecule is Nc1ccc(OCC(=O)NCC(F)(F)F)c2ncccc12. The van der Waals surface area contributed by atoms with Crippen molar-refractivity contribution in [1.82, 2.24) is 10.3 Å². The monoisotopic (exact) mass is 299 g/mol. The van der Waals surface area contributed by atoms with Gasteiger partial charge in [0, 0.05) is 17.3 Å². The molecule has 5 nitrogen and oxygen atoms in total. The van der Waals surface area contributed by atoms with E-state index in [0.717, 1.165) is 0 Å². The highest BCUT2D eigenvalue weighted by Crippen LogP contribution is 2.27. The predicted octanol–water partition coefficient (Wildman–Crippen LogP) is 1.87. The number of fused-ring (bicyclic) bond motifs is 1. The number of carbonyl (C=O) groups is 1. The highest BCUT2D eigenvalue weighted by atomic mass is 19.4. The fourth-order valence-corrected chi connectivity index (χ4v) is 1.68. The lowest BCUT2D eigenvalue weighted by molar-refractivity contribution is -0.139. The van der Waals surface area contributed by atoms with E-state index < -0.39 is 25.2 Å². The average Bonchev–Trinajstić information content (AvgIpc) is 2.44. The number of nitrogen functional groups attached to an aromatic ring is 1. The van der Waals surface area contributed by atoms with E-state index >= 15 is 0 Å². The first-order valence-corrected chi connectivity index (χ1v) is 5.96. The van der Waals surface area contributed by atoms with Gasteiger partial charge in [0.1, 0.15) is 17.8 Å². The van der Waals surface area contributed by atoms with Crippen LogP contribution in [0.1, 0.15) is 0 Å². The molecule has 1 aromatic heterocycles. The summed E-state index contributed by atoms with van der Waals surface area (Å²) in [5, 5.41) is 2.36. The zero-order valence-electron chi connectivity index (χ0n) is 10.8. The number of halogens is 3. The molecule has 3 N–H and O–H groups in total. The maximum absolute atomic E-state index is 12.0. The number of nitrogens with two attached hydrogens (primary N) is 1. The quantitative estimate of drug-likeness (QED) is 0.845. The van der Waals surface area contributed by atoms with Gasteiger partial charge in [0.25, 0.3) is 5.91 Å². The largest absolute Gasteiger partial charge is 0.481 e. The second-order valence-corrected chi connectivity index (χ2v) is 4.23. The van der Waals surface area contributed by atoms with Crippen LogP contribution in [-0.4, -0.2) is 30.2 Å². The van der Waals surface area contributed by atoms with Crippen molar-refractivity contribution < 1.29 is 22.7 Å². The van der Waals surface area contributed by atoms with Gasteiger partial charge in [0.2, 0.25) is 0 Å². The Morgan fingerprint density at radius 3 is 2.81 bits per heavy atom. The van der Waals surface area contributed by atoms with Crippen LogP contribution in [-0.2, 0) is 4.79 Å². The van der Waals surface area contributed by atoms with E-state index in [2.05, 4.69) is 4.98 Å². The maximum Gasteiger partial charge on any atom is 0.405 e. The number of nitrogens with zero attached hydrogens (tertiary/aromatic N) is 1. The summed E-state index contributed by atoms with van der Waals surface area (Å²) in [6, 6.07) is 6.52. The summed E-state index contributed by atoms with van der Waals surface area (Å²) >= 11 is 0. The number of nitrogens with one attached hydrogen (secondary N) is 1. The standard InChI is InChI=1S/C13H12F3N3O2/c14-13(15,16)7-19-11(20)6-21-10-4-3-9(17)8-2-1-5-18-12(8)10/h1-5H,6-7,17H2,(H,19,20). The first-order chi connectivity index (χ1) is 9.87. The van der Waals surface area contributed by atoms with Gasteiger partial charge >= 0.3 is 6.18 Å². The van der Waals surface area contributed by atoms with E-state index in [1.54, 1.807) is 23.5 Å². The van der Waals surface area contributed by atoms with Crippen molar-refractivity contribution in [2.24, 2.45) is 0 Å². The smallest absolute Gasteiger partial charge is 0.405 e. The van der Waals surface area contributed by atoms with Gasteiger partial charge in [-0.3, -0.25) is 9.78 Å². The van der Waals surface area contributed by atoms with Crippen molar-refractivity contribution >= 4 is 22.5 Å². The van der Waals surface area contributed by atoms with Crippen LogP contribution in [0.2, 0.25) is 0 Å². The number of pyridine rings is 1. The number of alkyl halides is 3. The van der Waals surface area contributed by atoms with Crippen LogP contribution < -0.4 is 15.8 Å². The third-order valence-corrected chi connectivity index (χ3v) is 2.61. The van der Waals surface area contributed by atoms with Crippen molar-refractivity contribution in [3.05, 3.63) is 30.5 Å². The Labute approximate surface area is 117 Å². The molecule has 0 aliphatic rings. The fourth-order valence-electron chi connectivity index (χ4n) is 1.68. The van der Waals surface area contributed by atoms with Gasteiger partial charge in [-0.1, -0.05) is 0 Å². The fraction of sp³-hybridized carbons (Fsp3) is 0.231. The van der Waals surface area contributed by atoms with Gasteiger partial charge in [-0.15, -0.1) is 0 Å². The van der Waals surface area contributed by atoms with Gasteiger partial charge in [-0.25, -0.2) is 0 Å². The van der Waals surface area contributed by atoms with Crippen LogP contribution in [0.25, 0.3) is 10.9 Å². The summed E-state index contributed by atoms with van der Waals surface area (Å²) in [6.45, 7) is -1.93. The van der Waals surface area contributed by atoms with Gasteiger partial charge in [0.15, 0.2) is 6.61 Å². The molecular weight excluding hydrogens is 287 g/mol. The zero-order chi connectivity index (χ0) is 15.5. The molecule has 1 heterocycles. The van der Waals surface area contributed by atoms with Crippen molar-refractivity contribution in [2.45, 2.75) is 6.18 Å². The van der Waals surface area contributed by atoms with E-state index in [0.29, 0.717) is 16.6 Å². The summed E-state index contributed by atoms with van der Waals surface area (Å²) in [5.74, 6) is -0.588. The molecule has 0 aliphatic carbocycles. The van der Waals surface area contributed by atoms with Gasteiger partial charge in [0.05, 0.1) is 0 Å². The van der Waals surface area contributed by atoms with E-state index in [1.807, 2.05) is 0 Å². The topological polar surface area (TPSA) is 77.2 Å². The second kappa shape index (κ2) is 5.86. The first-order valence-electron chi connectivity index (χ1n) is 5.96. The Kier molecular flexibility index (Phi) is 4.15. The Morgan fingerprint density at radius 1 is 1.33 bits per heavy atom. The molecule has 1 aromatic carbocycles. The Hall–Kier alpha value is -2.51. The molecule has 0 fully saturated rings. The van der Waals surface area contributed by atoms with Gasteiger partial charge < -0.3 is 15.8 Å². The van der Waals surface area contributed by atoms with E-state index in [-0.39, 0.29) is 5.75 Å². The molecule has 1 amide bonds. The molecule has 0 aliphatic heterocycles. The molecule has 0 radical (unpaired) electrons. The molecule has 112 valence electrons. The van der Waals surface area contributed by atoms with Crippen LogP contribution in [0, 0.1) is 0 Å². The van der Waals surface area contributed by atoms with Crippen LogP contribution in [0.4, 0.5) is 18.9 Å². The Balaban J connectivity index is 2.04. The van der Waals surface area contributed by atoms with Gasteiger partial charge in [-0.2, -0.15) is 13.2 Å². The third kappa shape index (κ3) is 3.98. The molecule has 0 bridgehead atoms. The molecule has 0 saturated heterocycles. The molecule has 0 unspecified atom stereocenters. The summed E-state index contributed by atoms with van der Waals surface area (Å²) in [6.07, 6.45) is -2.93. The number of anilines is 1. The lowest BCUT2D eigenvalue weighted by Crippen LogP contribution is -2.36. The minimum absolute atomic E-state index is 0.280. The predicted molar refractivity (Wildman–Crippen MR) is 70.7 cm³/mol. The zero-order valence-corrected chi connectivity index (χ0v) is 10.8. The first kappa shape index (κ1) is 14.9. The maximum atomic E-state index is 12.0. The van der Waals surface area contributed by atoms with Gasteiger partial charge in [-0.05, 0) is 24.3 Å². The normalized spacial score (nSPS) is 11.4. The number of aromatic nitrogens is 1. The molecule has 2 aromatic rings. The molecule has 0 atom stereocenters. The van der Waals surface area contributed by atoms with Crippen molar-refractivity contribution in [3.63, 3.8) is 0 Å². The number of rotatable bonds is 4. The summed E-state index contributed by atoms with van der Waals surface area (Å²) in [5.41, 5.74) is 6.71. The number of carbonyl (C=O) groups excluding carboxylic acids is 1. The minimum atomic E-state index is -4.45. The number of benzene rings is 1. The molecule has 0 spiro atoms. The molecular formula is C13H12F3N3O2. The lowest BCUT2D eigenvalue weighted by atomic mass is 10.2. The lowest BCUT2D eigenvalue weighted by Gasteiger charge is -2.11. The number of amides is 1. The number of hydrogen-bond acceptors (Lipinski definition) is 4. The highest BCUT2D eigenvalue weighted by molar-refractivity contribution is 5.94. The Bertz CT molecular complexity index is 659. The molecule has 2 rings (SSSR count). The Morgan fingerprint density at radius 2 is 2.10 bits per heavy atom. The minimum Gasteiger partial charge on any atom is -0.481 e. The van der Waals surface area contributed by atoms with Crippen LogP contribution >= 0.6 is 0 Å². The van der Waals surface area contributed by atoms with Crippen LogP contribution in [0.3, 0.4) is 0 Å². The van der Waals surface area contributed by atoms with Crippen molar-refractivity contribution in [1.29, 1.82) is 0 Å². The van der Waals surface area contributed by atoms with Crippen LogP contribution in [0.15, 0.2) is 30.5 Å². The van der Waals surface area contributed by atoms with E-state index in [1.165, 1.54) is 12.3 Å². The van der Waals surface area contributed by atoms with Crippen molar-refractivity contribution in [2.75, 3.05) is 18.9 Å². The molecule has 0 saturated carbocycles. The van der Waals surface area contributed by atoms with E-state index in [4.69, 9.17) is 10.5 Å². The number of hydrogen-bond donors (Lipinski definition) is 2. The summed E-state index contributed by atoms with van der Waals surface area (Å²) in [4.78, 5) is 15.4. The third-order valence-electron chi connectivity index (χ3n) is 2.61. The highest BCUT2D eigenvalue weighted by Gasteiger charge is 2.27. The summed E-state index contributed by atoms with van der Waals surface area (Å²) < 4.78 is 41.1. The molecule has 21 heavy (non-hydrogen) atoms. The van der Waals surface area contributed by atoms with E-state index in [9.17, 15) is 18.0 Å². The second-order valence-electron chi connectivity index (χ2n) is 4.23. The van der Waals surface area contributed by atoms with Crippen molar-refractivity contribution in [3.8, 4) is 5.75 Å². The number of ether oxygens (including phenoxy) is 1. The average molecular weight is 299 g/mol. The van der Waals surface area contributed by atoms with Crippen LogP contribution in [0.5, 0.6) is 5.75 Å². The molecule has 8 heteroatoms. The summed E-state index contributed by atoms with van der Waals surface area (Å²) in [7, 11) is 0.